The fourth-order valence-corrected chi connectivity index (χ4v) is 2.36. The maximum Gasteiger partial charge on any atom is 0.313 e. The smallest absolute Gasteiger partial charge is 0.313 e. The molecule has 4 nitrogen and oxygen atoms in total. The number of Topliss-reactive ketones (excluding diaryl/α,β-unsaturated/α-hetero) is 1. The van der Waals surface area contributed by atoms with Gasteiger partial charge in [0.1, 0.15) is 12.2 Å². The molecule has 1 aromatic carbocycles. The van der Waals surface area contributed by atoms with Crippen LogP contribution in [0, 0.1) is 5.92 Å². The number of ketones is 1. The fraction of sp³-hybridized carbons (Fsp3) is 0.556. The summed E-state index contributed by atoms with van der Waals surface area (Å²) in [5.41, 5.74) is 0.0267. The highest BCUT2D eigenvalue weighted by atomic mass is 16.5. The third kappa shape index (κ3) is 5.98. The maximum absolute atomic E-state index is 12.0. The highest BCUT2D eigenvalue weighted by Crippen LogP contribution is 2.28. The predicted octanol–water partition coefficient (Wildman–Crippen LogP) is 2.92. The number of hydrogen-bond acceptors (Lipinski definition) is 4. The molecule has 0 saturated heterocycles. The molecule has 1 rings (SSSR count). The summed E-state index contributed by atoms with van der Waals surface area (Å²) in [7, 11) is 0. The Hall–Kier alpha value is -1.68. The zero-order chi connectivity index (χ0) is 16.6. The van der Waals surface area contributed by atoms with Crippen molar-refractivity contribution < 1.29 is 19.4 Å². The van der Waals surface area contributed by atoms with Crippen LogP contribution >= 0.6 is 0 Å². The van der Waals surface area contributed by atoms with Gasteiger partial charge in [-0.25, -0.2) is 0 Å². The van der Waals surface area contributed by atoms with Crippen molar-refractivity contribution in [2.75, 3.05) is 6.61 Å². The first kappa shape index (κ1) is 18.4. The van der Waals surface area contributed by atoms with E-state index in [1.807, 2.05) is 44.2 Å². The number of aliphatic hydroxyl groups is 1. The monoisotopic (exact) mass is 306 g/mol. The van der Waals surface area contributed by atoms with Crippen LogP contribution in [-0.4, -0.2) is 29.1 Å². The molecule has 1 aromatic rings. The van der Waals surface area contributed by atoms with E-state index in [-0.39, 0.29) is 31.1 Å². The molecule has 22 heavy (non-hydrogen) atoms. The van der Waals surface area contributed by atoms with Gasteiger partial charge in [0.2, 0.25) is 0 Å². The number of ether oxygens (including phenoxy) is 1. The van der Waals surface area contributed by atoms with E-state index in [0.717, 1.165) is 5.56 Å². The maximum atomic E-state index is 12.0. The number of rotatable bonds is 9. The lowest BCUT2D eigenvalue weighted by atomic mass is 9.80. The van der Waals surface area contributed by atoms with Gasteiger partial charge < -0.3 is 9.84 Å². The summed E-state index contributed by atoms with van der Waals surface area (Å²) in [4.78, 5) is 23.4. The first-order valence-electron chi connectivity index (χ1n) is 7.81. The molecule has 0 spiro atoms. The second kappa shape index (κ2) is 8.69. The van der Waals surface area contributed by atoms with Crippen LogP contribution in [0.4, 0.5) is 0 Å². The highest BCUT2D eigenvalue weighted by Gasteiger charge is 2.33. The normalized spacial score (nSPS) is 13.7. The van der Waals surface area contributed by atoms with Crippen LogP contribution in [0.5, 0.6) is 0 Å². The molecular formula is C18H26O4. The van der Waals surface area contributed by atoms with Gasteiger partial charge >= 0.3 is 5.97 Å². The molecule has 0 heterocycles. The van der Waals surface area contributed by atoms with E-state index in [4.69, 9.17) is 4.74 Å². The first-order chi connectivity index (χ1) is 10.4. The summed E-state index contributed by atoms with van der Waals surface area (Å²) in [6, 6.07) is 9.86. The molecule has 1 atom stereocenters. The summed E-state index contributed by atoms with van der Waals surface area (Å²) < 4.78 is 4.78. The van der Waals surface area contributed by atoms with E-state index in [1.54, 1.807) is 6.92 Å². The van der Waals surface area contributed by atoms with Gasteiger partial charge in [-0.15, -0.1) is 0 Å². The highest BCUT2D eigenvalue weighted by molar-refractivity contribution is 5.95. The largest absolute Gasteiger partial charge is 0.466 e. The lowest BCUT2D eigenvalue weighted by Gasteiger charge is -2.31. The van der Waals surface area contributed by atoms with Gasteiger partial charge in [-0.1, -0.05) is 44.2 Å². The molecule has 1 unspecified atom stereocenters. The van der Waals surface area contributed by atoms with Gasteiger partial charge in [0, 0.05) is 6.42 Å². The Labute approximate surface area is 132 Å². The molecule has 0 aliphatic carbocycles. The number of aryl methyl sites for hydroxylation is 1. The van der Waals surface area contributed by atoms with Crippen LogP contribution in [0.15, 0.2) is 30.3 Å². The molecule has 0 fully saturated rings. The number of benzene rings is 1. The second-order valence-corrected chi connectivity index (χ2v) is 5.94. The van der Waals surface area contributed by atoms with Crippen molar-refractivity contribution in [3.8, 4) is 0 Å². The van der Waals surface area contributed by atoms with E-state index >= 15 is 0 Å². The molecule has 0 aliphatic rings. The Bertz CT molecular complexity index is 481. The van der Waals surface area contributed by atoms with Crippen molar-refractivity contribution in [2.24, 2.45) is 5.92 Å². The topological polar surface area (TPSA) is 63.6 Å². The number of carbonyl (C=O) groups is 2. The van der Waals surface area contributed by atoms with Crippen molar-refractivity contribution in [1.29, 1.82) is 0 Å². The third-order valence-corrected chi connectivity index (χ3v) is 3.91. The summed E-state index contributed by atoms with van der Waals surface area (Å²) in [5, 5.41) is 10.8. The van der Waals surface area contributed by atoms with Gasteiger partial charge in [-0.3, -0.25) is 9.59 Å². The molecule has 1 N–H and O–H groups in total. The second-order valence-electron chi connectivity index (χ2n) is 5.94. The molecule has 0 bridgehead atoms. The van der Waals surface area contributed by atoms with Crippen LogP contribution in [0.3, 0.4) is 0 Å². The Morgan fingerprint density at radius 2 is 1.86 bits per heavy atom. The molecular weight excluding hydrogens is 280 g/mol. The number of esters is 1. The van der Waals surface area contributed by atoms with Gasteiger partial charge in [-0.05, 0) is 31.2 Å². The Morgan fingerprint density at radius 3 is 2.41 bits per heavy atom. The third-order valence-electron chi connectivity index (χ3n) is 3.91. The van der Waals surface area contributed by atoms with E-state index in [1.165, 1.54) is 0 Å². The molecule has 0 radical (unpaired) electrons. The lowest BCUT2D eigenvalue weighted by molar-refractivity contribution is -0.146. The molecule has 0 aromatic heterocycles. The van der Waals surface area contributed by atoms with Crippen molar-refractivity contribution in [3.63, 3.8) is 0 Å². The fourth-order valence-electron chi connectivity index (χ4n) is 2.36. The van der Waals surface area contributed by atoms with Gasteiger partial charge in [0.25, 0.3) is 0 Å². The Balaban J connectivity index is 2.62. The van der Waals surface area contributed by atoms with Crippen molar-refractivity contribution in [2.45, 2.75) is 52.1 Å². The molecule has 0 amide bonds. The van der Waals surface area contributed by atoms with Crippen molar-refractivity contribution in [1.82, 2.24) is 0 Å². The van der Waals surface area contributed by atoms with E-state index < -0.39 is 11.6 Å². The van der Waals surface area contributed by atoms with Gasteiger partial charge in [-0.2, -0.15) is 0 Å². The Kier molecular flexibility index (Phi) is 7.25. The standard InChI is InChI=1S/C18H26O4/c1-4-22-17(20)12-16(19)13-18(21,14(2)3)11-10-15-8-6-5-7-9-15/h5-9,14,21H,4,10-13H2,1-3H3. The average molecular weight is 306 g/mol. The lowest BCUT2D eigenvalue weighted by Crippen LogP contribution is -2.38. The summed E-state index contributed by atoms with van der Waals surface area (Å²) in [5.74, 6) is -0.869. The van der Waals surface area contributed by atoms with Crippen molar-refractivity contribution >= 4 is 11.8 Å². The molecule has 0 saturated carbocycles. The Morgan fingerprint density at radius 1 is 1.23 bits per heavy atom. The number of carbonyl (C=O) groups excluding carboxylic acids is 2. The van der Waals surface area contributed by atoms with Gasteiger partial charge in [0.05, 0.1) is 12.2 Å². The zero-order valence-electron chi connectivity index (χ0n) is 13.7. The summed E-state index contributed by atoms with van der Waals surface area (Å²) in [6.45, 7) is 5.74. The van der Waals surface area contributed by atoms with Crippen LogP contribution < -0.4 is 0 Å². The molecule has 4 heteroatoms. The van der Waals surface area contributed by atoms with Crippen molar-refractivity contribution in [3.05, 3.63) is 35.9 Å². The van der Waals surface area contributed by atoms with E-state index in [2.05, 4.69) is 0 Å². The number of hydrogen-bond donors (Lipinski definition) is 1. The minimum absolute atomic E-state index is 0.0175. The summed E-state index contributed by atoms with van der Waals surface area (Å²) in [6.07, 6.45) is 0.899. The first-order valence-corrected chi connectivity index (χ1v) is 7.81. The quantitative estimate of drug-likeness (QED) is 0.563. The van der Waals surface area contributed by atoms with Gasteiger partial charge in [0.15, 0.2) is 0 Å². The van der Waals surface area contributed by atoms with E-state index in [0.29, 0.717) is 12.8 Å². The average Bonchev–Trinajstić information content (AvgIpc) is 2.46. The van der Waals surface area contributed by atoms with Crippen LogP contribution in [0.25, 0.3) is 0 Å². The van der Waals surface area contributed by atoms with Crippen LogP contribution in [0.2, 0.25) is 0 Å². The SMILES string of the molecule is CCOC(=O)CC(=O)CC(O)(CCc1ccccc1)C(C)C. The predicted molar refractivity (Wildman–Crippen MR) is 85.4 cm³/mol. The zero-order valence-corrected chi connectivity index (χ0v) is 13.7. The van der Waals surface area contributed by atoms with E-state index in [9.17, 15) is 14.7 Å². The molecule has 0 aliphatic heterocycles. The molecule has 122 valence electrons. The summed E-state index contributed by atoms with van der Waals surface area (Å²) >= 11 is 0. The van der Waals surface area contributed by atoms with Crippen LogP contribution in [-0.2, 0) is 20.7 Å². The van der Waals surface area contributed by atoms with Crippen LogP contribution in [0.1, 0.15) is 45.6 Å². The minimum atomic E-state index is -1.10. The minimum Gasteiger partial charge on any atom is -0.466 e.